The molecule has 1 aliphatic rings. The van der Waals surface area contributed by atoms with Gasteiger partial charge in [0.25, 0.3) is 0 Å². The number of anilines is 1. The zero-order valence-electron chi connectivity index (χ0n) is 14.9. The maximum atomic E-state index is 12.9. The zero-order chi connectivity index (χ0) is 19.1. The number of carbonyl (C=O) groups is 2. The van der Waals surface area contributed by atoms with Gasteiger partial charge in [0.1, 0.15) is 5.82 Å². The number of benzene rings is 2. The van der Waals surface area contributed by atoms with Gasteiger partial charge in [-0.2, -0.15) is 0 Å². The van der Waals surface area contributed by atoms with Crippen LogP contribution in [0.4, 0.5) is 10.1 Å². The molecule has 1 unspecified atom stereocenters. The largest absolute Gasteiger partial charge is 0.371 e. The second-order valence-corrected chi connectivity index (χ2v) is 6.29. The summed E-state index contributed by atoms with van der Waals surface area (Å²) in [7, 11) is 0. The van der Waals surface area contributed by atoms with Gasteiger partial charge in [0, 0.05) is 31.9 Å². The number of carbonyl (C=O) groups excluding carboxylic acids is 2. The normalized spacial score (nSPS) is 17.3. The lowest BCUT2D eigenvalue weighted by atomic mass is 10.1. The van der Waals surface area contributed by atoms with Crippen molar-refractivity contribution in [3.63, 3.8) is 0 Å². The molecule has 1 aliphatic heterocycles. The first kappa shape index (κ1) is 19.0. The van der Waals surface area contributed by atoms with Crippen molar-refractivity contribution in [3.05, 3.63) is 66.0 Å². The zero-order valence-corrected chi connectivity index (χ0v) is 14.9. The standard InChI is InChI=1S/C20H22FN3O3/c21-16-6-8-17(9-7-16)23-20(26)19(25)22-10-11-24-12-13-27-18(14-24)15-4-2-1-3-5-15/h1-9,18H,10-14H2,(H,22,25)(H,23,26). The van der Waals surface area contributed by atoms with Gasteiger partial charge in [-0.3, -0.25) is 14.5 Å². The number of halogens is 1. The van der Waals surface area contributed by atoms with Crippen molar-refractivity contribution in [2.24, 2.45) is 0 Å². The maximum Gasteiger partial charge on any atom is 0.313 e. The highest BCUT2D eigenvalue weighted by atomic mass is 19.1. The molecule has 1 saturated heterocycles. The third-order valence-corrected chi connectivity index (χ3v) is 4.34. The van der Waals surface area contributed by atoms with Crippen LogP contribution in [0.3, 0.4) is 0 Å². The second-order valence-electron chi connectivity index (χ2n) is 6.29. The fraction of sp³-hybridized carbons (Fsp3) is 0.300. The van der Waals surface area contributed by atoms with Crippen LogP contribution >= 0.6 is 0 Å². The fourth-order valence-corrected chi connectivity index (χ4v) is 2.90. The number of nitrogens with one attached hydrogen (secondary N) is 2. The maximum absolute atomic E-state index is 12.9. The van der Waals surface area contributed by atoms with Crippen LogP contribution in [0.2, 0.25) is 0 Å². The summed E-state index contributed by atoms with van der Waals surface area (Å²) in [4.78, 5) is 26.0. The van der Waals surface area contributed by atoms with E-state index in [9.17, 15) is 14.0 Å². The smallest absolute Gasteiger partial charge is 0.313 e. The highest BCUT2D eigenvalue weighted by molar-refractivity contribution is 6.39. The van der Waals surface area contributed by atoms with E-state index >= 15 is 0 Å². The number of nitrogens with zero attached hydrogens (tertiary/aromatic N) is 1. The molecule has 6 nitrogen and oxygen atoms in total. The van der Waals surface area contributed by atoms with Crippen LogP contribution in [-0.2, 0) is 14.3 Å². The van der Waals surface area contributed by atoms with Crippen molar-refractivity contribution in [2.45, 2.75) is 6.10 Å². The molecule has 2 aromatic carbocycles. The van der Waals surface area contributed by atoms with Crippen LogP contribution in [-0.4, -0.2) is 49.5 Å². The van der Waals surface area contributed by atoms with Crippen molar-refractivity contribution in [3.8, 4) is 0 Å². The number of amides is 2. The number of morpholine rings is 1. The molecule has 2 amide bonds. The lowest BCUT2D eigenvalue weighted by Gasteiger charge is -2.33. The fourth-order valence-electron chi connectivity index (χ4n) is 2.90. The van der Waals surface area contributed by atoms with Gasteiger partial charge in [-0.1, -0.05) is 30.3 Å². The third-order valence-electron chi connectivity index (χ3n) is 4.34. The van der Waals surface area contributed by atoms with Crippen molar-refractivity contribution in [1.29, 1.82) is 0 Å². The van der Waals surface area contributed by atoms with Crippen molar-refractivity contribution in [1.82, 2.24) is 10.2 Å². The number of hydrogen-bond acceptors (Lipinski definition) is 4. The first-order chi connectivity index (χ1) is 13.1. The molecule has 3 rings (SSSR count). The third kappa shape index (κ3) is 5.60. The van der Waals surface area contributed by atoms with Crippen LogP contribution in [0.5, 0.6) is 0 Å². The molecule has 7 heteroatoms. The van der Waals surface area contributed by atoms with Crippen molar-refractivity contribution < 1.29 is 18.7 Å². The Morgan fingerprint density at radius 1 is 1.07 bits per heavy atom. The van der Waals surface area contributed by atoms with E-state index in [0.29, 0.717) is 25.4 Å². The minimum Gasteiger partial charge on any atom is -0.371 e. The van der Waals surface area contributed by atoms with E-state index < -0.39 is 17.6 Å². The first-order valence-corrected chi connectivity index (χ1v) is 8.85. The van der Waals surface area contributed by atoms with E-state index in [1.807, 2.05) is 30.3 Å². The summed E-state index contributed by atoms with van der Waals surface area (Å²) in [6.07, 6.45) is 0.0115. The SMILES string of the molecule is O=C(NCCN1CCOC(c2ccccc2)C1)C(=O)Nc1ccc(F)cc1. The minimum atomic E-state index is -0.772. The molecule has 142 valence electrons. The molecule has 1 atom stereocenters. The van der Waals surface area contributed by atoms with Gasteiger partial charge in [-0.05, 0) is 29.8 Å². The molecule has 0 aliphatic carbocycles. The van der Waals surface area contributed by atoms with Gasteiger partial charge in [0.05, 0.1) is 12.7 Å². The van der Waals surface area contributed by atoms with Gasteiger partial charge in [0.15, 0.2) is 0 Å². The van der Waals surface area contributed by atoms with Crippen molar-refractivity contribution >= 4 is 17.5 Å². The Labute approximate surface area is 157 Å². The van der Waals surface area contributed by atoms with Gasteiger partial charge in [-0.25, -0.2) is 4.39 Å². The summed E-state index contributed by atoms with van der Waals surface area (Å²) in [5.74, 6) is -1.89. The molecule has 1 heterocycles. The molecule has 2 N–H and O–H groups in total. The van der Waals surface area contributed by atoms with Gasteiger partial charge >= 0.3 is 11.8 Å². The second kappa shape index (κ2) is 9.25. The predicted molar refractivity (Wildman–Crippen MR) is 99.6 cm³/mol. The minimum absolute atomic E-state index is 0.0115. The molecule has 1 fully saturated rings. The molecule has 0 radical (unpaired) electrons. The van der Waals surface area contributed by atoms with E-state index in [4.69, 9.17) is 4.74 Å². The molecule has 0 aromatic heterocycles. The van der Waals surface area contributed by atoms with Crippen LogP contribution < -0.4 is 10.6 Å². The van der Waals surface area contributed by atoms with Crippen LogP contribution in [0, 0.1) is 5.82 Å². The average molecular weight is 371 g/mol. The van der Waals surface area contributed by atoms with Crippen LogP contribution in [0.25, 0.3) is 0 Å². The summed E-state index contributed by atoms with van der Waals surface area (Å²) in [5, 5.41) is 5.04. The number of hydrogen-bond donors (Lipinski definition) is 2. The first-order valence-electron chi connectivity index (χ1n) is 8.85. The molecule has 2 aromatic rings. The van der Waals surface area contributed by atoms with E-state index in [0.717, 1.165) is 18.7 Å². The molecular formula is C20H22FN3O3. The molecule has 0 saturated carbocycles. The van der Waals surface area contributed by atoms with Crippen molar-refractivity contribution in [2.75, 3.05) is 38.1 Å². The van der Waals surface area contributed by atoms with Crippen LogP contribution in [0.15, 0.2) is 54.6 Å². The summed E-state index contributed by atoms with van der Waals surface area (Å²) < 4.78 is 18.7. The van der Waals surface area contributed by atoms with Crippen LogP contribution in [0.1, 0.15) is 11.7 Å². The summed E-state index contributed by atoms with van der Waals surface area (Å²) in [6, 6.07) is 15.2. The number of ether oxygens (including phenoxy) is 1. The van der Waals surface area contributed by atoms with E-state index in [1.165, 1.54) is 24.3 Å². The Balaban J connectivity index is 1.41. The predicted octanol–water partition coefficient (Wildman–Crippen LogP) is 1.95. The lowest BCUT2D eigenvalue weighted by Crippen LogP contribution is -2.44. The van der Waals surface area contributed by atoms with Gasteiger partial charge in [0.2, 0.25) is 0 Å². The Morgan fingerprint density at radius 3 is 2.56 bits per heavy atom. The average Bonchev–Trinajstić information content (AvgIpc) is 2.70. The van der Waals surface area contributed by atoms with E-state index in [-0.39, 0.29) is 6.10 Å². The Kier molecular flexibility index (Phi) is 6.51. The summed E-state index contributed by atoms with van der Waals surface area (Å²) in [5.41, 5.74) is 1.50. The highest BCUT2D eigenvalue weighted by Gasteiger charge is 2.22. The lowest BCUT2D eigenvalue weighted by molar-refractivity contribution is -0.136. The molecule has 27 heavy (non-hydrogen) atoms. The molecule has 0 spiro atoms. The van der Waals surface area contributed by atoms with Gasteiger partial charge in [-0.15, -0.1) is 0 Å². The van der Waals surface area contributed by atoms with E-state index in [1.54, 1.807) is 0 Å². The summed E-state index contributed by atoms with van der Waals surface area (Å²) >= 11 is 0. The Hall–Kier alpha value is -2.77. The Morgan fingerprint density at radius 2 is 1.81 bits per heavy atom. The van der Waals surface area contributed by atoms with E-state index in [2.05, 4.69) is 15.5 Å². The quantitative estimate of drug-likeness (QED) is 0.789. The topological polar surface area (TPSA) is 70.7 Å². The number of rotatable bonds is 5. The molecular weight excluding hydrogens is 349 g/mol. The Bertz CT molecular complexity index is 768. The monoisotopic (exact) mass is 371 g/mol. The molecule has 0 bridgehead atoms. The van der Waals surface area contributed by atoms with Gasteiger partial charge < -0.3 is 15.4 Å². The summed E-state index contributed by atoms with van der Waals surface area (Å²) in [6.45, 7) is 3.13. The highest BCUT2D eigenvalue weighted by Crippen LogP contribution is 2.21.